The summed E-state index contributed by atoms with van der Waals surface area (Å²) >= 11 is 5.75. The highest BCUT2D eigenvalue weighted by Crippen LogP contribution is 2.24. The molecule has 0 bridgehead atoms. The van der Waals surface area contributed by atoms with Gasteiger partial charge in [-0.05, 0) is 6.07 Å². The second-order valence-corrected chi connectivity index (χ2v) is 3.24. The smallest absolute Gasteiger partial charge is 0.344 e. The summed E-state index contributed by atoms with van der Waals surface area (Å²) in [4.78, 5) is 24.5. The van der Waals surface area contributed by atoms with Crippen molar-refractivity contribution in [2.75, 3.05) is 6.61 Å². The number of benzene rings is 1. The van der Waals surface area contributed by atoms with Crippen molar-refractivity contribution in [2.45, 2.75) is 0 Å². The van der Waals surface area contributed by atoms with Crippen LogP contribution in [0.3, 0.4) is 0 Å². The molecule has 1 aromatic rings. The number of nitro benzene ring substituents is 1. The lowest BCUT2D eigenvalue weighted by Gasteiger charge is -1.99. The molecule has 7 nitrogen and oxygen atoms in total. The molecule has 1 N–H and O–H groups in total. The molecule has 0 aromatic heterocycles. The number of nitro groups is 1. The number of halogens is 1. The molecule has 0 saturated carbocycles. The van der Waals surface area contributed by atoms with Crippen molar-refractivity contribution >= 4 is 29.5 Å². The van der Waals surface area contributed by atoms with E-state index in [0.29, 0.717) is 0 Å². The molecule has 0 aliphatic heterocycles. The van der Waals surface area contributed by atoms with E-state index in [1.165, 1.54) is 18.2 Å². The van der Waals surface area contributed by atoms with Crippen LogP contribution >= 0.6 is 11.6 Å². The number of hydrogen-bond acceptors (Lipinski definition) is 5. The van der Waals surface area contributed by atoms with E-state index in [4.69, 9.17) is 16.7 Å². The summed E-state index contributed by atoms with van der Waals surface area (Å²) in [6, 6.07) is 4.13. The van der Waals surface area contributed by atoms with Crippen molar-refractivity contribution in [2.24, 2.45) is 5.16 Å². The second kappa shape index (κ2) is 5.80. The van der Waals surface area contributed by atoms with Crippen LogP contribution in [-0.2, 0) is 9.63 Å². The number of nitrogens with zero attached hydrogens (tertiary/aromatic N) is 2. The molecule has 0 aliphatic rings. The normalized spacial score (nSPS) is 10.4. The molecule has 8 heteroatoms. The molecule has 0 fully saturated rings. The van der Waals surface area contributed by atoms with E-state index in [-0.39, 0.29) is 16.3 Å². The Labute approximate surface area is 100 Å². The molecule has 0 saturated heterocycles. The first-order valence-corrected chi connectivity index (χ1v) is 4.70. The maximum absolute atomic E-state index is 10.7. The Bertz CT molecular complexity index is 474. The lowest BCUT2D eigenvalue weighted by molar-refractivity contribution is -0.385. The Kier molecular flexibility index (Phi) is 4.41. The molecular formula is C9H7ClN2O5. The average Bonchev–Trinajstić information content (AvgIpc) is 2.25. The number of aliphatic carboxylic acids is 1. The summed E-state index contributed by atoms with van der Waals surface area (Å²) in [6.07, 6.45) is 1.00. The zero-order valence-corrected chi connectivity index (χ0v) is 9.13. The molecular weight excluding hydrogens is 252 g/mol. The third-order valence-corrected chi connectivity index (χ3v) is 2.00. The van der Waals surface area contributed by atoms with Crippen molar-refractivity contribution in [1.29, 1.82) is 0 Å². The van der Waals surface area contributed by atoms with Crippen LogP contribution in [0.2, 0.25) is 5.02 Å². The van der Waals surface area contributed by atoms with Crippen molar-refractivity contribution < 1.29 is 19.7 Å². The maximum atomic E-state index is 10.7. The van der Waals surface area contributed by atoms with Gasteiger partial charge in [0.15, 0.2) is 0 Å². The molecule has 0 heterocycles. The van der Waals surface area contributed by atoms with Gasteiger partial charge in [-0.25, -0.2) is 4.79 Å². The first-order chi connectivity index (χ1) is 8.02. The van der Waals surface area contributed by atoms with Crippen LogP contribution in [-0.4, -0.2) is 28.8 Å². The predicted molar refractivity (Wildman–Crippen MR) is 59.3 cm³/mol. The largest absolute Gasteiger partial charge is 0.479 e. The van der Waals surface area contributed by atoms with E-state index in [1.54, 1.807) is 0 Å². The van der Waals surface area contributed by atoms with Gasteiger partial charge in [0.2, 0.25) is 6.61 Å². The van der Waals surface area contributed by atoms with Crippen molar-refractivity contribution in [1.82, 2.24) is 0 Å². The SMILES string of the molecule is O=C(O)CO/N=C/c1c(Cl)cccc1[N+](=O)[O-]. The minimum absolute atomic E-state index is 0.0598. The highest BCUT2D eigenvalue weighted by molar-refractivity contribution is 6.33. The highest BCUT2D eigenvalue weighted by Gasteiger charge is 2.14. The molecule has 0 spiro atoms. The summed E-state index contributed by atoms with van der Waals surface area (Å²) < 4.78 is 0. The predicted octanol–water partition coefficient (Wildman–Crippen LogP) is 1.68. The molecule has 1 aromatic carbocycles. The van der Waals surface area contributed by atoms with E-state index < -0.39 is 17.5 Å². The lowest BCUT2D eigenvalue weighted by atomic mass is 10.2. The molecule has 0 atom stereocenters. The minimum Gasteiger partial charge on any atom is -0.479 e. The van der Waals surface area contributed by atoms with Crippen molar-refractivity contribution in [3.05, 3.63) is 38.9 Å². The van der Waals surface area contributed by atoms with Gasteiger partial charge in [0.1, 0.15) is 0 Å². The van der Waals surface area contributed by atoms with Gasteiger partial charge in [0.25, 0.3) is 5.69 Å². The van der Waals surface area contributed by atoms with Crippen molar-refractivity contribution in [3.63, 3.8) is 0 Å². The Morgan fingerprint density at radius 2 is 2.35 bits per heavy atom. The number of rotatable bonds is 5. The Morgan fingerprint density at radius 1 is 1.65 bits per heavy atom. The van der Waals surface area contributed by atoms with Gasteiger partial charge in [0, 0.05) is 6.07 Å². The fourth-order valence-corrected chi connectivity index (χ4v) is 1.21. The summed E-state index contributed by atoms with van der Waals surface area (Å²) in [5, 5.41) is 22.4. The zero-order valence-electron chi connectivity index (χ0n) is 8.37. The molecule has 0 unspecified atom stereocenters. The third-order valence-electron chi connectivity index (χ3n) is 1.67. The van der Waals surface area contributed by atoms with E-state index in [2.05, 4.69) is 9.99 Å². The molecule has 0 radical (unpaired) electrons. The van der Waals surface area contributed by atoms with Gasteiger partial charge in [-0.2, -0.15) is 0 Å². The second-order valence-electron chi connectivity index (χ2n) is 2.83. The quantitative estimate of drug-likeness (QED) is 0.492. The Morgan fingerprint density at radius 3 is 2.94 bits per heavy atom. The van der Waals surface area contributed by atoms with Crippen molar-refractivity contribution in [3.8, 4) is 0 Å². The minimum atomic E-state index is -1.20. The summed E-state index contributed by atoms with van der Waals surface area (Å²) in [5.74, 6) is -1.20. The summed E-state index contributed by atoms with van der Waals surface area (Å²) in [6.45, 7) is -0.630. The first kappa shape index (κ1) is 12.9. The number of hydrogen-bond donors (Lipinski definition) is 1. The van der Waals surface area contributed by atoms with Crippen LogP contribution in [0.5, 0.6) is 0 Å². The molecule has 0 aliphatic carbocycles. The lowest BCUT2D eigenvalue weighted by Crippen LogP contribution is -2.03. The van der Waals surface area contributed by atoms with Gasteiger partial charge in [-0.3, -0.25) is 10.1 Å². The van der Waals surface area contributed by atoms with Crippen LogP contribution in [0.25, 0.3) is 0 Å². The zero-order chi connectivity index (χ0) is 12.8. The first-order valence-electron chi connectivity index (χ1n) is 4.32. The average molecular weight is 259 g/mol. The van der Waals surface area contributed by atoms with E-state index in [1.807, 2.05) is 0 Å². The summed E-state index contributed by atoms with van der Waals surface area (Å²) in [5.41, 5.74) is -0.176. The molecule has 90 valence electrons. The van der Waals surface area contributed by atoms with Crippen LogP contribution in [0.4, 0.5) is 5.69 Å². The van der Waals surface area contributed by atoms with Gasteiger partial charge < -0.3 is 9.94 Å². The molecule has 0 amide bonds. The Hall–Kier alpha value is -2.15. The monoisotopic (exact) mass is 258 g/mol. The van der Waals surface area contributed by atoms with E-state index in [9.17, 15) is 14.9 Å². The number of carboxylic acids is 1. The van der Waals surface area contributed by atoms with Crippen LogP contribution in [0.15, 0.2) is 23.4 Å². The van der Waals surface area contributed by atoms with Gasteiger partial charge in [-0.15, -0.1) is 0 Å². The fourth-order valence-electron chi connectivity index (χ4n) is 0.995. The molecule has 17 heavy (non-hydrogen) atoms. The van der Waals surface area contributed by atoms with Crippen LogP contribution in [0, 0.1) is 10.1 Å². The summed E-state index contributed by atoms with van der Waals surface area (Å²) in [7, 11) is 0. The topological polar surface area (TPSA) is 102 Å². The number of oxime groups is 1. The van der Waals surface area contributed by atoms with Gasteiger partial charge in [-0.1, -0.05) is 22.8 Å². The molecule has 1 rings (SSSR count). The van der Waals surface area contributed by atoms with Gasteiger partial charge in [0.05, 0.1) is 21.7 Å². The third kappa shape index (κ3) is 3.72. The number of carbonyl (C=O) groups is 1. The standard InChI is InChI=1S/C9H7ClN2O5/c10-7-2-1-3-8(12(15)16)6(7)4-11-17-5-9(13)14/h1-4H,5H2,(H,13,14)/b11-4+. The van der Waals surface area contributed by atoms with Crippen LogP contribution < -0.4 is 0 Å². The van der Waals surface area contributed by atoms with Gasteiger partial charge >= 0.3 is 5.97 Å². The highest BCUT2D eigenvalue weighted by atomic mass is 35.5. The van der Waals surface area contributed by atoms with E-state index in [0.717, 1.165) is 6.21 Å². The fraction of sp³-hybridized carbons (Fsp3) is 0.111. The van der Waals surface area contributed by atoms with Crippen LogP contribution in [0.1, 0.15) is 5.56 Å². The number of carboxylic acid groups (broad SMARTS) is 1. The Balaban J connectivity index is 2.89. The van der Waals surface area contributed by atoms with E-state index >= 15 is 0 Å². The maximum Gasteiger partial charge on any atom is 0.344 e.